The van der Waals surface area contributed by atoms with Crippen molar-refractivity contribution in [2.45, 2.75) is 6.92 Å². The van der Waals surface area contributed by atoms with E-state index >= 15 is 0 Å². The molecule has 0 heterocycles. The van der Waals surface area contributed by atoms with Crippen LogP contribution in [0.15, 0.2) is 18.2 Å². The Morgan fingerprint density at radius 1 is 1.43 bits per heavy atom. The lowest BCUT2D eigenvalue weighted by atomic mass is 10.2. The zero-order chi connectivity index (χ0) is 15.8. The summed E-state index contributed by atoms with van der Waals surface area (Å²) >= 11 is 0. The van der Waals surface area contributed by atoms with E-state index in [1.165, 1.54) is 12.0 Å². The summed E-state index contributed by atoms with van der Waals surface area (Å²) in [7, 11) is 1.51. The molecule has 1 rings (SSSR count). The molecule has 0 aliphatic rings. The lowest BCUT2D eigenvalue weighted by molar-refractivity contribution is -0.138. The van der Waals surface area contributed by atoms with Crippen molar-refractivity contribution >= 4 is 17.6 Å². The van der Waals surface area contributed by atoms with Crippen molar-refractivity contribution in [3.8, 4) is 18.1 Å². The molecule has 0 aliphatic heterocycles. The highest BCUT2D eigenvalue weighted by Crippen LogP contribution is 2.25. The number of hydrogen-bond acceptors (Lipinski definition) is 4. The van der Waals surface area contributed by atoms with Gasteiger partial charge in [-0.3, -0.25) is 14.5 Å². The normalized spacial score (nSPS) is 10.0. The number of carboxylic acids is 1. The third-order valence-electron chi connectivity index (χ3n) is 2.67. The highest BCUT2D eigenvalue weighted by molar-refractivity contribution is 5.94. The van der Waals surface area contributed by atoms with Crippen LogP contribution in [0, 0.1) is 19.3 Å². The number of ether oxygens (including phenoxy) is 1. The van der Waals surface area contributed by atoms with Crippen molar-refractivity contribution in [3.05, 3.63) is 23.8 Å². The number of aryl methyl sites for hydroxylation is 1. The lowest BCUT2D eigenvalue weighted by Crippen LogP contribution is -2.37. The summed E-state index contributed by atoms with van der Waals surface area (Å²) in [6, 6.07) is 5.39. The summed E-state index contributed by atoms with van der Waals surface area (Å²) in [5.41, 5.74) is 1.51. The van der Waals surface area contributed by atoms with Crippen molar-refractivity contribution in [1.82, 2.24) is 4.90 Å². The number of benzene rings is 1. The molecule has 0 aromatic heterocycles. The molecule has 1 aromatic rings. The largest absolute Gasteiger partial charge is 0.495 e. The number of methoxy groups -OCH3 is 1. The summed E-state index contributed by atoms with van der Waals surface area (Å²) in [5.74, 6) is 1.48. The zero-order valence-corrected chi connectivity index (χ0v) is 12.0. The first-order chi connectivity index (χ1) is 9.96. The van der Waals surface area contributed by atoms with Gasteiger partial charge in [-0.15, -0.1) is 6.42 Å². The molecule has 0 bridgehead atoms. The second-order valence-corrected chi connectivity index (χ2v) is 4.49. The number of anilines is 1. The molecular formula is C15H18N2O4. The molecule has 0 fully saturated rings. The van der Waals surface area contributed by atoms with Crippen molar-refractivity contribution in [1.29, 1.82) is 0 Å². The van der Waals surface area contributed by atoms with Gasteiger partial charge >= 0.3 is 5.97 Å². The van der Waals surface area contributed by atoms with E-state index in [1.54, 1.807) is 12.1 Å². The number of hydrogen-bond donors (Lipinski definition) is 2. The Morgan fingerprint density at radius 2 is 2.14 bits per heavy atom. The van der Waals surface area contributed by atoms with Gasteiger partial charge in [0.25, 0.3) is 0 Å². The maximum absolute atomic E-state index is 12.0. The summed E-state index contributed by atoms with van der Waals surface area (Å²) in [6.45, 7) is 1.59. The minimum absolute atomic E-state index is 0.0880. The Bertz CT molecular complexity index is 563. The molecule has 0 spiro atoms. The predicted octanol–water partition coefficient (Wildman–Crippen LogP) is 0.962. The standard InChI is InChI=1S/C15H18N2O4/c1-4-7-17(10-15(19)20)9-14(18)16-12-8-11(2)5-6-13(12)21-3/h1,5-6,8H,7,9-10H2,2-3H3,(H,16,18)(H,19,20). The molecule has 6 nitrogen and oxygen atoms in total. The number of rotatable bonds is 7. The summed E-state index contributed by atoms with van der Waals surface area (Å²) < 4.78 is 5.16. The van der Waals surface area contributed by atoms with Gasteiger partial charge in [-0.2, -0.15) is 0 Å². The molecule has 2 N–H and O–H groups in total. The molecule has 112 valence electrons. The van der Waals surface area contributed by atoms with E-state index in [4.69, 9.17) is 16.3 Å². The molecular weight excluding hydrogens is 272 g/mol. The van der Waals surface area contributed by atoms with Crippen LogP contribution in [-0.2, 0) is 9.59 Å². The lowest BCUT2D eigenvalue weighted by Gasteiger charge is -2.17. The second-order valence-electron chi connectivity index (χ2n) is 4.49. The number of carbonyl (C=O) groups is 2. The quantitative estimate of drug-likeness (QED) is 0.731. The number of amides is 1. The van der Waals surface area contributed by atoms with Crippen molar-refractivity contribution in [2.24, 2.45) is 0 Å². The first-order valence-corrected chi connectivity index (χ1v) is 6.28. The van der Waals surface area contributed by atoms with E-state index in [1.807, 2.05) is 13.0 Å². The van der Waals surface area contributed by atoms with Crippen LogP contribution < -0.4 is 10.1 Å². The monoisotopic (exact) mass is 290 g/mol. The third-order valence-corrected chi connectivity index (χ3v) is 2.67. The first kappa shape index (κ1) is 16.5. The van der Waals surface area contributed by atoms with E-state index in [0.29, 0.717) is 11.4 Å². The molecule has 0 saturated carbocycles. The molecule has 0 saturated heterocycles. The minimum Gasteiger partial charge on any atom is -0.495 e. The van der Waals surface area contributed by atoms with Gasteiger partial charge in [-0.05, 0) is 24.6 Å². The van der Waals surface area contributed by atoms with Crippen molar-refractivity contribution < 1.29 is 19.4 Å². The summed E-state index contributed by atoms with van der Waals surface area (Å²) in [6.07, 6.45) is 5.16. The van der Waals surface area contributed by atoms with E-state index in [-0.39, 0.29) is 25.5 Å². The van der Waals surface area contributed by atoms with Gasteiger partial charge in [-0.1, -0.05) is 12.0 Å². The van der Waals surface area contributed by atoms with Crippen molar-refractivity contribution in [2.75, 3.05) is 32.1 Å². The molecule has 1 amide bonds. The van der Waals surface area contributed by atoms with Crippen LogP contribution in [0.4, 0.5) is 5.69 Å². The average molecular weight is 290 g/mol. The Hall–Kier alpha value is -2.52. The minimum atomic E-state index is -1.04. The van der Waals surface area contributed by atoms with Crippen LogP contribution in [0.2, 0.25) is 0 Å². The molecule has 1 aromatic carbocycles. The van der Waals surface area contributed by atoms with Crippen LogP contribution in [-0.4, -0.2) is 48.6 Å². The van der Waals surface area contributed by atoms with Gasteiger partial charge in [0.05, 0.1) is 32.4 Å². The smallest absolute Gasteiger partial charge is 0.317 e. The van der Waals surface area contributed by atoms with Gasteiger partial charge < -0.3 is 15.2 Å². The van der Waals surface area contributed by atoms with Gasteiger partial charge in [-0.25, -0.2) is 0 Å². The van der Waals surface area contributed by atoms with E-state index < -0.39 is 5.97 Å². The maximum atomic E-state index is 12.0. The number of carbonyl (C=O) groups excluding carboxylic acids is 1. The Labute approximate surface area is 123 Å². The first-order valence-electron chi connectivity index (χ1n) is 6.28. The second kappa shape index (κ2) is 7.92. The fourth-order valence-corrected chi connectivity index (χ4v) is 1.80. The van der Waals surface area contributed by atoms with Gasteiger partial charge in [0.1, 0.15) is 5.75 Å². The molecule has 0 aliphatic carbocycles. The zero-order valence-electron chi connectivity index (χ0n) is 12.0. The summed E-state index contributed by atoms with van der Waals surface area (Å²) in [5, 5.41) is 11.5. The number of nitrogens with zero attached hydrogens (tertiary/aromatic N) is 1. The van der Waals surface area contributed by atoms with Crippen LogP contribution in [0.5, 0.6) is 5.75 Å². The highest BCUT2D eigenvalue weighted by atomic mass is 16.5. The van der Waals surface area contributed by atoms with Crippen LogP contribution in [0.25, 0.3) is 0 Å². The van der Waals surface area contributed by atoms with Gasteiger partial charge in [0.15, 0.2) is 0 Å². The third kappa shape index (κ3) is 5.55. The summed E-state index contributed by atoms with van der Waals surface area (Å²) in [4.78, 5) is 24.1. The fraction of sp³-hybridized carbons (Fsp3) is 0.333. The van der Waals surface area contributed by atoms with Gasteiger partial charge in [0, 0.05) is 0 Å². The average Bonchev–Trinajstić information content (AvgIpc) is 2.38. The molecule has 6 heteroatoms. The number of nitrogens with one attached hydrogen (secondary N) is 1. The number of carboxylic acid groups (broad SMARTS) is 1. The molecule has 0 atom stereocenters. The fourth-order valence-electron chi connectivity index (χ4n) is 1.80. The topological polar surface area (TPSA) is 78.9 Å². The van der Waals surface area contributed by atoms with Crippen LogP contribution >= 0.6 is 0 Å². The molecule has 21 heavy (non-hydrogen) atoms. The van der Waals surface area contributed by atoms with E-state index in [2.05, 4.69) is 11.2 Å². The van der Waals surface area contributed by atoms with Crippen LogP contribution in [0.1, 0.15) is 5.56 Å². The van der Waals surface area contributed by atoms with Crippen LogP contribution in [0.3, 0.4) is 0 Å². The number of terminal acetylenes is 1. The van der Waals surface area contributed by atoms with Gasteiger partial charge in [0.2, 0.25) is 5.91 Å². The maximum Gasteiger partial charge on any atom is 0.317 e. The molecule has 0 radical (unpaired) electrons. The van der Waals surface area contributed by atoms with E-state index in [0.717, 1.165) is 5.56 Å². The number of aliphatic carboxylic acids is 1. The van der Waals surface area contributed by atoms with E-state index in [9.17, 15) is 9.59 Å². The van der Waals surface area contributed by atoms with Crippen molar-refractivity contribution in [3.63, 3.8) is 0 Å². The SMILES string of the molecule is C#CCN(CC(=O)O)CC(=O)Nc1cc(C)ccc1OC. The Morgan fingerprint density at radius 3 is 2.71 bits per heavy atom. The Kier molecular flexibility index (Phi) is 6.24. The molecule has 0 unspecified atom stereocenters. The highest BCUT2D eigenvalue weighted by Gasteiger charge is 2.14. The predicted molar refractivity (Wildman–Crippen MR) is 79.3 cm³/mol. The Balaban J connectivity index is 2.74.